The van der Waals surface area contributed by atoms with Gasteiger partial charge in [-0.25, -0.2) is 0 Å². The van der Waals surface area contributed by atoms with Crippen LogP contribution >= 0.6 is 0 Å². The first-order valence-electron chi connectivity index (χ1n) is 11.5. The van der Waals surface area contributed by atoms with Crippen LogP contribution in [0.2, 0.25) is 0 Å². The van der Waals surface area contributed by atoms with Gasteiger partial charge in [0.1, 0.15) is 18.1 Å². The highest BCUT2D eigenvalue weighted by atomic mass is 16.5. The van der Waals surface area contributed by atoms with Crippen molar-refractivity contribution in [2.45, 2.75) is 32.8 Å². The van der Waals surface area contributed by atoms with E-state index in [0.29, 0.717) is 25.3 Å². The van der Waals surface area contributed by atoms with Crippen LogP contribution in [0.1, 0.15) is 42.3 Å². The molecule has 1 fully saturated rings. The molecule has 172 valence electrons. The highest BCUT2D eigenvalue weighted by Crippen LogP contribution is 2.25. The second-order valence-electron chi connectivity index (χ2n) is 9.56. The summed E-state index contributed by atoms with van der Waals surface area (Å²) in [5.74, 6) is 1.15. The van der Waals surface area contributed by atoms with Crippen LogP contribution in [0.15, 0.2) is 72.8 Å². The van der Waals surface area contributed by atoms with Gasteiger partial charge in [-0.2, -0.15) is 0 Å². The van der Waals surface area contributed by atoms with Crippen molar-refractivity contribution >= 4 is 11.6 Å². The SMILES string of the molecule is CC(C)(C)c1ccc(OCc2ccc(C(=O)N3CCN(c4cccc(O)c4)CC3)cc2)cc1. The number of phenols is 1. The Labute approximate surface area is 196 Å². The van der Waals surface area contributed by atoms with Crippen LogP contribution in [-0.2, 0) is 12.0 Å². The van der Waals surface area contributed by atoms with Crippen LogP contribution in [0.3, 0.4) is 0 Å². The number of aromatic hydroxyl groups is 1. The van der Waals surface area contributed by atoms with Gasteiger partial charge < -0.3 is 19.6 Å². The van der Waals surface area contributed by atoms with E-state index >= 15 is 0 Å². The van der Waals surface area contributed by atoms with E-state index in [1.54, 1.807) is 12.1 Å². The quantitative estimate of drug-likeness (QED) is 0.585. The number of rotatable bonds is 5. The van der Waals surface area contributed by atoms with Gasteiger partial charge in [0.05, 0.1) is 0 Å². The topological polar surface area (TPSA) is 53.0 Å². The van der Waals surface area contributed by atoms with E-state index in [1.165, 1.54) is 5.56 Å². The lowest BCUT2D eigenvalue weighted by molar-refractivity contribution is 0.0746. The molecule has 0 spiro atoms. The zero-order chi connectivity index (χ0) is 23.4. The van der Waals surface area contributed by atoms with Crippen molar-refractivity contribution < 1.29 is 14.6 Å². The summed E-state index contributed by atoms with van der Waals surface area (Å²) >= 11 is 0. The molecule has 1 heterocycles. The molecule has 0 bridgehead atoms. The monoisotopic (exact) mass is 444 g/mol. The molecule has 1 aliphatic rings. The smallest absolute Gasteiger partial charge is 0.253 e. The molecule has 5 nitrogen and oxygen atoms in total. The number of hydrogen-bond acceptors (Lipinski definition) is 4. The van der Waals surface area contributed by atoms with E-state index in [4.69, 9.17) is 4.74 Å². The summed E-state index contributed by atoms with van der Waals surface area (Å²) in [7, 11) is 0. The Morgan fingerprint density at radius 2 is 1.58 bits per heavy atom. The average Bonchev–Trinajstić information content (AvgIpc) is 2.82. The van der Waals surface area contributed by atoms with Crippen molar-refractivity contribution in [1.82, 2.24) is 4.90 Å². The van der Waals surface area contributed by atoms with Gasteiger partial charge in [-0.15, -0.1) is 0 Å². The number of anilines is 1. The number of benzene rings is 3. The number of nitrogens with zero attached hydrogens (tertiary/aromatic N) is 2. The number of carbonyl (C=O) groups is 1. The van der Waals surface area contributed by atoms with Crippen LogP contribution in [-0.4, -0.2) is 42.1 Å². The molecule has 5 heteroatoms. The average molecular weight is 445 g/mol. The normalized spacial score (nSPS) is 14.3. The Morgan fingerprint density at radius 1 is 0.909 bits per heavy atom. The lowest BCUT2D eigenvalue weighted by atomic mass is 9.87. The third-order valence-corrected chi connectivity index (χ3v) is 6.09. The van der Waals surface area contributed by atoms with Crippen molar-refractivity contribution in [2.24, 2.45) is 0 Å². The summed E-state index contributed by atoms with van der Waals surface area (Å²) in [6.07, 6.45) is 0. The van der Waals surface area contributed by atoms with E-state index in [-0.39, 0.29) is 17.1 Å². The van der Waals surface area contributed by atoms with E-state index in [9.17, 15) is 9.90 Å². The third kappa shape index (κ3) is 5.67. The second kappa shape index (κ2) is 9.57. The van der Waals surface area contributed by atoms with Gasteiger partial charge in [-0.05, 0) is 52.9 Å². The largest absolute Gasteiger partial charge is 0.508 e. The van der Waals surface area contributed by atoms with E-state index in [1.807, 2.05) is 53.4 Å². The first-order chi connectivity index (χ1) is 15.8. The number of amides is 1. The number of hydrogen-bond donors (Lipinski definition) is 1. The summed E-state index contributed by atoms with van der Waals surface area (Å²) < 4.78 is 5.92. The number of phenolic OH excluding ortho intramolecular Hbond substituents is 1. The van der Waals surface area contributed by atoms with E-state index < -0.39 is 0 Å². The molecule has 0 aromatic heterocycles. The highest BCUT2D eigenvalue weighted by Gasteiger charge is 2.22. The van der Waals surface area contributed by atoms with E-state index in [0.717, 1.165) is 30.1 Å². The molecule has 1 aliphatic heterocycles. The minimum Gasteiger partial charge on any atom is -0.508 e. The Kier molecular flexibility index (Phi) is 6.59. The van der Waals surface area contributed by atoms with Crippen molar-refractivity contribution in [1.29, 1.82) is 0 Å². The van der Waals surface area contributed by atoms with Crippen LogP contribution in [0.5, 0.6) is 11.5 Å². The summed E-state index contributed by atoms with van der Waals surface area (Å²) in [5.41, 5.74) is 4.11. The Bertz CT molecular complexity index is 1080. The maximum absolute atomic E-state index is 12.9. The minimum absolute atomic E-state index is 0.0517. The number of ether oxygens (including phenoxy) is 1. The fourth-order valence-corrected chi connectivity index (χ4v) is 4.00. The van der Waals surface area contributed by atoms with Crippen LogP contribution < -0.4 is 9.64 Å². The number of carbonyl (C=O) groups excluding carboxylic acids is 1. The molecule has 0 aliphatic carbocycles. The minimum atomic E-state index is 0.0517. The maximum atomic E-state index is 12.9. The molecule has 33 heavy (non-hydrogen) atoms. The predicted molar refractivity (Wildman–Crippen MR) is 132 cm³/mol. The molecule has 0 radical (unpaired) electrons. The fraction of sp³-hybridized carbons (Fsp3) is 0.321. The standard InChI is InChI=1S/C28H32N2O3/c1-28(2,3)23-11-13-26(14-12-23)33-20-21-7-9-22(10-8-21)27(32)30-17-15-29(16-18-30)24-5-4-6-25(31)19-24/h4-14,19,31H,15-18,20H2,1-3H3. The molecule has 4 rings (SSSR count). The molecule has 0 unspecified atom stereocenters. The summed E-state index contributed by atoms with van der Waals surface area (Å²) in [6.45, 7) is 9.85. The molecule has 1 amide bonds. The zero-order valence-electron chi connectivity index (χ0n) is 19.6. The molecule has 1 N–H and O–H groups in total. The molecule has 0 saturated carbocycles. The van der Waals surface area contributed by atoms with Gasteiger partial charge in [0.25, 0.3) is 5.91 Å². The van der Waals surface area contributed by atoms with Crippen LogP contribution in [0.25, 0.3) is 0 Å². The van der Waals surface area contributed by atoms with Gasteiger partial charge in [0, 0.05) is 43.5 Å². The van der Waals surface area contributed by atoms with Crippen molar-refractivity contribution in [3.8, 4) is 11.5 Å². The first kappa shape index (κ1) is 22.7. The van der Waals surface area contributed by atoms with Crippen molar-refractivity contribution in [3.05, 3.63) is 89.5 Å². The Morgan fingerprint density at radius 3 is 2.18 bits per heavy atom. The van der Waals surface area contributed by atoms with Crippen LogP contribution in [0, 0.1) is 0 Å². The summed E-state index contributed by atoms with van der Waals surface area (Å²) in [5, 5.41) is 9.70. The van der Waals surface area contributed by atoms with Gasteiger partial charge in [0.2, 0.25) is 0 Å². The fourth-order valence-electron chi connectivity index (χ4n) is 4.00. The molecular formula is C28H32N2O3. The number of piperazine rings is 1. The predicted octanol–water partition coefficient (Wildman–Crippen LogP) is 5.23. The van der Waals surface area contributed by atoms with Crippen molar-refractivity contribution in [3.63, 3.8) is 0 Å². The summed E-state index contributed by atoms with van der Waals surface area (Å²) in [6, 6.07) is 23.2. The van der Waals surface area contributed by atoms with Gasteiger partial charge in [-0.3, -0.25) is 4.79 Å². The first-order valence-corrected chi connectivity index (χ1v) is 11.5. The maximum Gasteiger partial charge on any atom is 0.253 e. The second-order valence-corrected chi connectivity index (χ2v) is 9.56. The molecule has 0 atom stereocenters. The van der Waals surface area contributed by atoms with Crippen molar-refractivity contribution in [2.75, 3.05) is 31.1 Å². The van der Waals surface area contributed by atoms with E-state index in [2.05, 4.69) is 37.8 Å². The zero-order valence-corrected chi connectivity index (χ0v) is 19.6. The molecular weight excluding hydrogens is 412 g/mol. The molecule has 1 saturated heterocycles. The Hall–Kier alpha value is -3.47. The van der Waals surface area contributed by atoms with Gasteiger partial charge in [0.15, 0.2) is 0 Å². The lowest BCUT2D eigenvalue weighted by Gasteiger charge is -2.36. The lowest BCUT2D eigenvalue weighted by Crippen LogP contribution is -2.48. The summed E-state index contributed by atoms with van der Waals surface area (Å²) in [4.78, 5) is 17.0. The Balaban J connectivity index is 1.29. The molecule has 3 aromatic rings. The highest BCUT2D eigenvalue weighted by molar-refractivity contribution is 5.94. The van der Waals surface area contributed by atoms with Gasteiger partial charge in [-0.1, -0.05) is 51.1 Å². The van der Waals surface area contributed by atoms with Crippen LogP contribution in [0.4, 0.5) is 5.69 Å². The molecule has 3 aromatic carbocycles. The van der Waals surface area contributed by atoms with Gasteiger partial charge >= 0.3 is 0 Å². The third-order valence-electron chi connectivity index (χ3n) is 6.09.